The molecule has 2 saturated heterocycles. The highest BCUT2D eigenvalue weighted by Crippen LogP contribution is 2.31. The van der Waals surface area contributed by atoms with Crippen molar-refractivity contribution in [3.05, 3.63) is 0 Å². The molecule has 2 aliphatic heterocycles. The lowest BCUT2D eigenvalue weighted by Gasteiger charge is -2.42. The first-order chi connectivity index (χ1) is 14.0. The van der Waals surface area contributed by atoms with Crippen molar-refractivity contribution in [3.8, 4) is 0 Å². The molecule has 0 radical (unpaired) electrons. The van der Waals surface area contributed by atoms with Crippen molar-refractivity contribution in [2.45, 2.75) is 76.2 Å². The van der Waals surface area contributed by atoms with Crippen LogP contribution in [0.25, 0.3) is 0 Å². The molecule has 0 aromatic carbocycles. The molecule has 29 heavy (non-hydrogen) atoms. The van der Waals surface area contributed by atoms with Gasteiger partial charge in [0.25, 0.3) is 0 Å². The van der Waals surface area contributed by atoms with Gasteiger partial charge in [0.2, 0.25) is 0 Å². The zero-order chi connectivity index (χ0) is 20.8. The molecule has 3 fully saturated rings. The van der Waals surface area contributed by atoms with Gasteiger partial charge in [0.15, 0.2) is 0 Å². The molecule has 0 spiro atoms. The maximum Gasteiger partial charge on any atom is 0.111 e. The van der Waals surface area contributed by atoms with Crippen LogP contribution in [0.3, 0.4) is 0 Å². The SMILES string of the molecule is COCN1CC(C2CC(NC(N)CN)NC(N[C@@H](C)C3CCC(F)CC3)C2)CN1. The van der Waals surface area contributed by atoms with Crippen LogP contribution in [-0.2, 0) is 4.74 Å². The first kappa shape index (κ1) is 23.3. The van der Waals surface area contributed by atoms with Crippen LogP contribution in [0.4, 0.5) is 4.39 Å². The normalized spacial score (nSPS) is 38.8. The third-order valence-corrected chi connectivity index (χ3v) is 7.00. The molecule has 6 atom stereocenters. The van der Waals surface area contributed by atoms with E-state index >= 15 is 0 Å². The first-order valence-electron chi connectivity index (χ1n) is 11.3. The minimum absolute atomic E-state index is 0.134. The Morgan fingerprint density at radius 2 is 1.83 bits per heavy atom. The van der Waals surface area contributed by atoms with E-state index in [0.717, 1.165) is 38.8 Å². The number of halogens is 1. The molecule has 0 aromatic heterocycles. The molecule has 3 aliphatic rings. The molecule has 0 aromatic rings. The Labute approximate surface area is 175 Å². The third-order valence-electron chi connectivity index (χ3n) is 7.00. The number of rotatable bonds is 9. The van der Waals surface area contributed by atoms with Gasteiger partial charge in [-0.25, -0.2) is 9.40 Å². The number of piperidine rings is 1. The van der Waals surface area contributed by atoms with Crippen molar-refractivity contribution in [1.82, 2.24) is 26.4 Å². The van der Waals surface area contributed by atoms with Crippen molar-refractivity contribution in [1.29, 1.82) is 0 Å². The Hall–Kier alpha value is -0.390. The fraction of sp³-hybridized carbons (Fsp3) is 1.00. The summed E-state index contributed by atoms with van der Waals surface area (Å²) < 4.78 is 18.8. The number of methoxy groups -OCH3 is 1. The number of nitrogens with two attached hydrogens (primary N) is 2. The molecule has 8 nitrogen and oxygen atoms in total. The number of hydrazine groups is 1. The van der Waals surface area contributed by atoms with Gasteiger partial charge in [0, 0.05) is 32.8 Å². The van der Waals surface area contributed by atoms with Crippen molar-refractivity contribution in [2.24, 2.45) is 29.2 Å². The molecule has 1 aliphatic carbocycles. The van der Waals surface area contributed by atoms with Crippen LogP contribution in [0, 0.1) is 17.8 Å². The van der Waals surface area contributed by atoms with Gasteiger partial charge < -0.3 is 16.2 Å². The van der Waals surface area contributed by atoms with Crippen LogP contribution in [-0.4, -0.2) is 69.2 Å². The predicted octanol–water partition coefficient (Wildman–Crippen LogP) is 0.0180. The van der Waals surface area contributed by atoms with Gasteiger partial charge in [0.05, 0.1) is 18.5 Å². The summed E-state index contributed by atoms with van der Waals surface area (Å²) in [5.41, 5.74) is 15.3. The van der Waals surface area contributed by atoms with Crippen molar-refractivity contribution < 1.29 is 9.13 Å². The lowest BCUT2D eigenvalue weighted by Crippen LogP contribution is -2.64. The molecule has 8 N–H and O–H groups in total. The minimum atomic E-state index is -0.605. The monoisotopic (exact) mass is 415 g/mol. The largest absolute Gasteiger partial charge is 0.368 e. The van der Waals surface area contributed by atoms with Gasteiger partial charge in [-0.2, -0.15) is 0 Å². The lowest BCUT2D eigenvalue weighted by molar-refractivity contribution is 0.0447. The summed E-state index contributed by atoms with van der Waals surface area (Å²) in [6.07, 6.45) is 5.00. The Bertz CT molecular complexity index is 480. The van der Waals surface area contributed by atoms with Crippen LogP contribution >= 0.6 is 0 Å². The van der Waals surface area contributed by atoms with E-state index in [-0.39, 0.29) is 18.5 Å². The molecular formula is C20H42FN7O. The Morgan fingerprint density at radius 1 is 1.14 bits per heavy atom. The highest BCUT2D eigenvalue weighted by Gasteiger charge is 2.37. The van der Waals surface area contributed by atoms with Gasteiger partial charge in [-0.3, -0.25) is 21.4 Å². The summed E-state index contributed by atoms with van der Waals surface area (Å²) in [6, 6.07) is 0.370. The number of nitrogens with zero attached hydrogens (tertiary/aromatic N) is 1. The van der Waals surface area contributed by atoms with E-state index in [9.17, 15) is 4.39 Å². The molecule has 0 amide bonds. The second kappa shape index (κ2) is 11.3. The van der Waals surface area contributed by atoms with Crippen LogP contribution in [0.1, 0.15) is 45.4 Å². The van der Waals surface area contributed by atoms with Crippen molar-refractivity contribution in [2.75, 3.05) is 33.5 Å². The van der Waals surface area contributed by atoms with Crippen molar-refractivity contribution >= 4 is 0 Å². The maximum atomic E-state index is 13.5. The Morgan fingerprint density at radius 3 is 2.48 bits per heavy atom. The van der Waals surface area contributed by atoms with Crippen LogP contribution in [0.2, 0.25) is 0 Å². The quantitative estimate of drug-likeness (QED) is 0.292. The smallest absolute Gasteiger partial charge is 0.111 e. The molecule has 0 bridgehead atoms. The number of ether oxygens (including phenoxy) is 1. The van der Waals surface area contributed by atoms with Crippen LogP contribution in [0.5, 0.6) is 0 Å². The number of alkyl halides is 1. The topological polar surface area (TPSA) is 113 Å². The second-order valence-electron chi connectivity index (χ2n) is 9.24. The van der Waals surface area contributed by atoms with E-state index in [4.69, 9.17) is 16.2 Å². The van der Waals surface area contributed by atoms with E-state index in [1.165, 1.54) is 0 Å². The zero-order valence-corrected chi connectivity index (χ0v) is 18.1. The molecular weight excluding hydrogens is 373 g/mol. The lowest BCUT2D eigenvalue weighted by atomic mass is 9.81. The number of hydrogen-bond acceptors (Lipinski definition) is 8. The average molecular weight is 416 g/mol. The van der Waals surface area contributed by atoms with E-state index in [1.54, 1.807) is 7.11 Å². The summed E-state index contributed by atoms with van der Waals surface area (Å²) in [4.78, 5) is 0. The third kappa shape index (κ3) is 6.80. The van der Waals surface area contributed by atoms with E-state index in [0.29, 0.717) is 49.9 Å². The molecule has 9 heteroatoms. The van der Waals surface area contributed by atoms with Gasteiger partial charge in [-0.15, -0.1) is 0 Å². The highest BCUT2D eigenvalue weighted by atomic mass is 19.1. The molecule has 5 unspecified atom stereocenters. The highest BCUT2D eigenvalue weighted by molar-refractivity contribution is 4.92. The average Bonchev–Trinajstić information content (AvgIpc) is 3.17. The standard InChI is InChI=1S/C20H42FN7O/c1-13(14-3-5-17(21)6-4-14)25-19-7-15(8-20(27-19)26-18(23)9-22)16-10-24-28(11-16)12-29-2/h13-20,24-27H,3-12,22-23H2,1-2H3/t13-,14?,15?,16?,17?,18?,19?,20?/m0/s1. The zero-order valence-electron chi connectivity index (χ0n) is 18.1. The Balaban J connectivity index is 1.58. The molecule has 2 heterocycles. The number of hydrogen-bond donors (Lipinski definition) is 6. The molecule has 170 valence electrons. The van der Waals surface area contributed by atoms with Crippen LogP contribution in [0.15, 0.2) is 0 Å². The van der Waals surface area contributed by atoms with Gasteiger partial charge in [-0.1, -0.05) is 0 Å². The summed E-state index contributed by atoms with van der Waals surface area (Å²) in [5, 5.41) is 13.1. The van der Waals surface area contributed by atoms with Gasteiger partial charge in [-0.05, 0) is 63.2 Å². The fourth-order valence-corrected chi connectivity index (χ4v) is 5.28. The minimum Gasteiger partial charge on any atom is -0.368 e. The maximum absolute atomic E-state index is 13.5. The number of nitrogens with one attached hydrogen (secondary N) is 4. The van der Waals surface area contributed by atoms with Crippen LogP contribution < -0.4 is 32.8 Å². The Kier molecular flexibility index (Phi) is 9.06. The second-order valence-corrected chi connectivity index (χ2v) is 9.24. The van der Waals surface area contributed by atoms with Gasteiger partial charge >= 0.3 is 0 Å². The summed E-state index contributed by atoms with van der Waals surface area (Å²) >= 11 is 0. The predicted molar refractivity (Wildman–Crippen MR) is 113 cm³/mol. The summed E-state index contributed by atoms with van der Waals surface area (Å²) in [6.45, 7) is 5.25. The van der Waals surface area contributed by atoms with E-state index in [1.807, 2.05) is 0 Å². The van der Waals surface area contributed by atoms with Gasteiger partial charge in [0.1, 0.15) is 12.9 Å². The van der Waals surface area contributed by atoms with E-state index < -0.39 is 6.17 Å². The molecule has 1 saturated carbocycles. The van der Waals surface area contributed by atoms with E-state index in [2.05, 4.69) is 33.3 Å². The summed E-state index contributed by atoms with van der Waals surface area (Å²) in [5.74, 6) is 1.69. The summed E-state index contributed by atoms with van der Waals surface area (Å²) in [7, 11) is 1.73. The fourth-order valence-electron chi connectivity index (χ4n) is 5.28. The molecule has 3 rings (SSSR count). The van der Waals surface area contributed by atoms with Crippen molar-refractivity contribution in [3.63, 3.8) is 0 Å². The first-order valence-corrected chi connectivity index (χ1v) is 11.3.